The van der Waals surface area contributed by atoms with E-state index in [2.05, 4.69) is 32.7 Å². The highest BCUT2D eigenvalue weighted by Crippen LogP contribution is 2.15. The van der Waals surface area contributed by atoms with E-state index in [1.165, 1.54) is 5.57 Å². The van der Waals surface area contributed by atoms with Gasteiger partial charge in [-0.3, -0.25) is 0 Å². The van der Waals surface area contributed by atoms with Crippen LogP contribution >= 0.6 is 0 Å². The minimum Gasteiger partial charge on any atom is -0.383 e. The first kappa shape index (κ1) is 13.7. The molecule has 2 nitrogen and oxygen atoms in total. The summed E-state index contributed by atoms with van der Waals surface area (Å²) in [5.74, 6) is 0.652. The van der Waals surface area contributed by atoms with Crippen LogP contribution in [0.4, 0.5) is 0 Å². The summed E-state index contributed by atoms with van der Waals surface area (Å²) in [7, 11) is 1.73. The average molecular weight is 199 g/mol. The maximum atomic E-state index is 4.99. The van der Waals surface area contributed by atoms with Crippen LogP contribution in [0.25, 0.3) is 0 Å². The molecule has 0 aliphatic heterocycles. The lowest BCUT2D eigenvalue weighted by Gasteiger charge is -2.21. The number of ether oxygens (including phenoxy) is 1. The second-order valence-corrected chi connectivity index (χ2v) is 4.02. The summed E-state index contributed by atoms with van der Waals surface area (Å²) < 4.78 is 4.99. The summed E-state index contributed by atoms with van der Waals surface area (Å²) in [6, 6.07) is 0.536. The average Bonchev–Trinajstić information content (AvgIpc) is 2.17. The highest BCUT2D eigenvalue weighted by molar-refractivity contribution is 4.95. The Kier molecular flexibility index (Phi) is 7.81. The Morgan fingerprint density at radius 2 is 2.07 bits per heavy atom. The summed E-state index contributed by atoms with van der Waals surface area (Å²) in [5.41, 5.74) is 1.35. The normalized spacial score (nSPS) is 15.1. The zero-order valence-electron chi connectivity index (χ0n) is 10.1. The molecule has 2 heteroatoms. The van der Waals surface area contributed by atoms with Gasteiger partial charge in [-0.05, 0) is 25.7 Å². The summed E-state index contributed by atoms with van der Waals surface area (Å²) in [6.07, 6.45) is 2.22. The van der Waals surface area contributed by atoms with E-state index in [9.17, 15) is 0 Å². The third-order valence-corrected chi connectivity index (χ3v) is 2.74. The summed E-state index contributed by atoms with van der Waals surface area (Å²) in [5, 5.41) is 3.45. The molecule has 84 valence electrons. The molecule has 14 heavy (non-hydrogen) atoms. The molecular weight excluding hydrogens is 174 g/mol. The minimum absolute atomic E-state index is 0.536. The van der Waals surface area contributed by atoms with Gasteiger partial charge in [0.25, 0.3) is 0 Å². The van der Waals surface area contributed by atoms with Crippen molar-refractivity contribution in [2.75, 3.05) is 20.3 Å². The van der Waals surface area contributed by atoms with Gasteiger partial charge in [0.1, 0.15) is 0 Å². The standard InChI is InChI=1S/C12H25NO/c1-6-10(2)9-11(3)12(4)13-7-8-14-5/h11-13H,2,6-9H2,1,3-5H3. The molecule has 0 saturated heterocycles. The number of methoxy groups -OCH3 is 1. The molecule has 0 aromatic heterocycles. The Labute approximate surface area is 88.7 Å². The Morgan fingerprint density at radius 3 is 2.57 bits per heavy atom. The Hall–Kier alpha value is -0.340. The molecule has 0 aromatic carbocycles. The molecule has 1 N–H and O–H groups in total. The molecule has 0 spiro atoms. The fourth-order valence-corrected chi connectivity index (χ4v) is 1.37. The third-order valence-electron chi connectivity index (χ3n) is 2.74. The predicted molar refractivity (Wildman–Crippen MR) is 62.6 cm³/mol. The molecule has 0 fully saturated rings. The van der Waals surface area contributed by atoms with E-state index in [1.807, 2.05) is 0 Å². The highest BCUT2D eigenvalue weighted by Gasteiger charge is 2.11. The largest absolute Gasteiger partial charge is 0.383 e. The third kappa shape index (κ3) is 6.17. The van der Waals surface area contributed by atoms with E-state index in [0.717, 1.165) is 26.0 Å². The van der Waals surface area contributed by atoms with Crippen LogP contribution in [0.5, 0.6) is 0 Å². The van der Waals surface area contributed by atoms with Crippen LogP contribution in [0.15, 0.2) is 12.2 Å². The lowest BCUT2D eigenvalue weighted by molar-refractivity contribution is 0.192. The van der Waals surface area contributed by atoms with Gasteiger partial charge in [-0.15, -0.1) is 0 Å². The summed E-state index contributed by atoms with van der Waals surface area (Å²) in [4.78, 5) is 0. The van der Waals surface area contributed by atoms with Crippen molar-refractivity contribution < 1.29 is 4.74 Å². The van der Waals surface area contributed by atoms with Crippen molar-refractivity contribution in [3.05, 3.63) is 12.2 Å². The SMILES string of the molecule is C=C(CC)CC(C)C(C)NCCOC. The van der Waals surface area contributed by atoms with E-state index < -0.39 is 0 Å². The van der Waals surface area contributed by atoms with Gasteiger partial charge in [-0.2, -0.15) is 0 Å². The number of hydrogen-bond acceptors (Lipinski definition) is 2. The number of rotatable bonds is 8. The monoisotopic (exact) mass is 199 g/mol. The van der Waals surface area contributed by atoms with Crippen molar-refractivity contribution >= 4 is 0 Å². The zero-order chi connectivity index (χ0) is 11.0. The molecular formula is C12H25NO. The van der Waals surface area contributed by atoms with Gasteiger partial charge < -0.3 is 10.1 Å². The van der Waals surface area contributed by atoms with Gasteiger partial charge in [0.15, 0.2) is 0 Å². The number of allylic oxidation sites excluding steroid dienone is 1. The van der Waals surface area contributed by atoms with Crippen LogP contribution in [0.3, 0.4) is 0 Å². The minimum atomic E-state index is 0.536. The zero-order valence-corrected chi connectivity index (χ0v) is 10.1. The predicted octanol–water partition coefficient (Wildman–Crippen LogP) is 2.60. The van der Waals surface area contributed by atoms with Crippen LogP contribution in [0.1, 0.15) is 33.6 Å². The molecule has 0 rings (SSSR count). The quantitative estimate of drug-likeness (QED) is 0.479. The van der Waals surface area contributed by atoms with Gasteiger partial charge in [0.2, 0.25) is 0 Å². The molecule has 0 radical (unpaired) electrons. The second-order valence-electron chi connectivity index (χ2n) is 4.02. The van der Waals surface area contributed by atoms with Crippen molar-refractivity contribution in [3.8, 4) is 0 Å². The van der Waals surface area contributed by atoms with E-state index in [-0.39, 0.29) is 0 Å². The van der Waals surface area contributed by atoms with Crippen LogP contribution in [0, 0.1) is 5.92 Å². The van der Waals surface area contributed by atoms with E-state index in [1.54, 1.807) is 7.11 Å². The van der Waals surface area contributed by atoms with Crippen molar-refractivity contribution in [3.63, 3.8) is 0 Å². The number of nitrogens with one attached hydrogen (secondary N) is 1. The molecule has 2 atom stereocenters. The smallest absolute Gasteiger partial charge is 0.0587 e. The van der Waals surface area contributed by atoms with Crippen LogP contribution < -0.4 is 5.32 Å². The second kappa shape index (κ2) is 8.01. The first-order valence-corrected chi connectivity index (χ1v) is 5.50. The molecule has 0 aliphatic rings. The van der Waals surface area contributed by atoms with Gasteiger partial charge in [-0.25, -0.2) is 0 Å². The lowest BCUT2D eigenvalue weighted by Crippen LogP contribution is -2.34. The maximum absolute atomic E-state index is 4.99. The van der Waals surface area contributed by atoms with E-state index >= 15 is 0 Å². The van der Waals surface area contributed by atoms with Crippen LogP contribution in [-0.2, 0) is 4.74 Å². The number of hydrogen-bond donors (Lipinski definition) is 1. The van der Waals surface area contributed by atoms with E-state index in [4.69, 9.17) is 4.74 Å². The van der Waals surface area contributed by atoms with Crippen molar-refractivity contribution in [2.45, 2.75) is 39.7 Å². The van der Waals surface area contributed by atoms with Gasteiger partial charge in [0.05, 0.1) is 6.61 Å². The molecule has 0 amide bonds. The molecule has 0 bridgehead atoms. The summed E-state index contributed by atoms with van der Waals surface area (Å²) in [6.45, 7) is 12.4. The van der Waals surface area contributed by atoms with E-state index in [0.29, 0.717) is 12.0 Å². The Balaban J connectivity index is 3.64. The first-order chi connectivity index (χ1) is 6.61. The Morgan fingerprint density at radius 1 is 1.43 bits per heavy atom. The lowest BCUT2D eigenvalue weighted by atomic mass is 9.94. The molecule has 0 saturated carbocycles. The first-order valence-electron chi connectivity index (χ1n) is 5.50. The molecule has 2 unspecified atom stereocenters. The van der Waals surface area contributed by atoms with Gasteiger partial charge >= 0.3 is 0 Å². The molecule has 0 aliphatic carbocycles. The fraction of sp³-hybridized carbons (Fsp3) is 0.833. The fourth-order valence-electron chi connectivity index (χ4n) is 1.37. The van der Waals surface area contributed by atoms with Crippen LogP contribution in [-0.4, -0.2) is 26.3 Å². The van der Waals surface area contributed by atoms with Crippen molar-refractivity contribution in [1.82, 2.24) is 5.32 Å². The van der Waals surface area contributed by atoms with Crippen LogP contribution in [0.2, 0.25) is 0 Å². The topological polar surface area (TPSA) is 21.3 Å². The van der Waals surface area contributed by atoms with Gasteiger partial charge in [0, 0.05) is 19.7 Å². The van der Waals surface area contributed by atoms with Crippen molar-refractivity contribution in [2.24, 2.45) is 5.92 Å². The highest BCUT2D eigenvalue weighted by atomic mass is 16.5. The molecule has 0 heterocycles. The molecule has 0 aromatic rings. The maximum Gasteiger partial charge on any atom is 0.0587 e. The van der Waals surface area contributed by atoms with Crippen molar-refractivity contribution in [1.29, 1.82) is 0 Å². The van der Waals surface area contributed by atoms with Gasteiger partial charge in [-0.1, -0.05) is 26.0 Å². The summed E-state index contributed by atoms with van der Waals surface area (Å²) >= 11 is 0. The Bertz CT molecular complexity index is 156.